The van der Waals surface area contributed by atoms with Gasteiger partial charge in [0.1, 0.15) is 12.9 Å². The smallest absolute Gasteiger partial charge is 0.194 e. The number of halogens is 2. The van der Waals surface area contributed by atoms with Gasteiger partial charge >= 0.3 is 0 Å². The van der Waals surface area contributed by atoms with Crippen LogP contribution in [0.1, 0.15) is 18.4 Å². The fraction of sp³-hybridized carbons (Fsp3) is 0.500. The Morgan fingerprint density at radius 2 is 2.13 bits per heavy atom. The van der Waals surface area contributed by atoms with Crippen molar-refractivity contribution in [3.8, 4) is 0 Å². The van der Waals surface area contributed by atoms with E-state index < -0.39 is 0 Å². The van der Waals surface area contributed by atoms with Crippen LogP contribution in [0, 0.1) is 0 Å². The third-order valence-electron chi connectivity index (χ3n) is 3.35. The van der Waals surface area contributed by atoms with Crippen molar-refractivity contribution in [1.29, 1.82) is 0 Å². The zero-order valence-electron chi connectivity index (χ0n) is 13.8. The lowest BCUT2D eigenvalue weighted by Crippen LogP contribution is -2.38. The minimum Gasteiger partial charge on any atom is -0.357 e. The van der Waals surface area contributed by atoms with Gasteiger partial charge in [-0.1, -0.05) is 0 Å². The Balaban J connectivity index is 0.00000264. The SMILES string of the molecule is CCNC(=NCc1nncn1C)N(C)Cc1cc(Br)cn1C.I. The number of hydrogen-bond donors (Lipinski definition) is 1. The molecule has 0 aromatic carbocycles. The Hall–Kier alpha value is -1.10. The number of nitrogens with one attached hydrogen (secondary N) is 1. The minimum absolute atomic E-state index is 0. The van der Waals surface area contributed by atoms with Gasteiger partial charge in [0.15, 0.2) is 11.8 Å². The number of rotatable bonds is 5. The van der Waals surface area contributed by atoms with E-state index in [1.54, 1.807) is 6.33 Å². The molecule has 0 fully saturated rings. The van der Waals surface area contributed by atoms with Crippen LogP contribution in [0.3, 0.4) is 0 Å². The molecule has 2 aromatic heterocycles. The predicted molar refractivity (Wildman–Crippen MR) is 106 cm³/mol. The van der Waals surface area contributed by atoms with E-state index in [-0.39, 0.29) is 24.0 Å². The second kappa shape index (κ2) is 9.26. The van der Waals surface area contributed by atoms with Gasteiger partial charge in [0.25, 0.3) is 0 Å². The number of aliphatic imine (C=N–C) groups is 1. The molecule has 7 nitrogen and oxygen atoms in total. The van der Waals surface area contributed by atoms with Crippen LogP contribution < -0.4 is 5.32 Å². The molecule has 0 aliphatic heterocycles. The molecule has 0 amide bonds. The molecule has 0 saturated carbocycles. The molecule has 0 bridgehead atoms. The van der Waals surface area contributed by atoms with E-state index in [4.69, 9.17) is 0 Å². The Bertz CT molecular complexity index is 649. The molecule has 1 N–H and O–H groups in total. The Morgan fingerprint density at radius 1 is 1.39 bits per heavy atom. The van der Waals surface area contributed by atoms with Crippen molar-refractivity contribution in [2.75, 3.05) is 13.6 Å². The van der Waals surface area contributed by atoms with Crippen LogP contribution in [0.15, 0.2) is 28.1 Å². The minimum atomic E-state index is 0. The fourth-order valence-corrected chi connectivity index (χ4v) is 2.68. The average molecular weight is 496 g/mol. The lowest BCUT2D eigenvalue weighted by molar-refractivity contribution is 0.461. The first kappa shape index (κ1) is 19.9. The summed E-state index contributed by atoms with van der Waals surface area (Å²) in [5.74, 6) is 1.69. The highest BCUT2D eigenvalue weighted by Crippen LogP contribution is 2.15. The van der Waals surface area contributed by atoms with Crippen molar-refractivity contribution in [1.82, 2.24) is 29.5 Å². The molecule has 0 radical (unpaired) electrons. The summed E-state index contributed by atoms with van der Waals surface area (Å²) in [6, 6.07) is 2.11. The Labute approximate surface area is 162 Å². The summed E-state index contributed by atoms with van der Waals surface area (Å²) < 4.78 is 5.06. The van der Waals surface area contributed by atoms with Gasteiger partial charge in [0.2, 0.25) is 0 Å². The number of guanidine groups is 1. The summed E-state index contributed by atoms with van der Waals surface area (Å²) >= 11 is 3.50. The maximum Gasteiger partial charge on any atom is 0.194 e. The molecule has 0 aliphatic rings. The molecular weight excluding hydrogens is 473 g/mol. The highest BCUT2D eigenvalue weighted by molar-refractivity contribution is 14.0. The summed E-state index contributed by atoms with van der Waals surface area (Å²) in [4.78, 5) is 6.74. The molecule has 0 aliphatic carbocycles. The lowest BCUT2D eigenvalue weighted by atomic mass is 10.4. The van der Waals surface area contributed by atoms with Crippen molar-refractivity contribution in [2.24, 2.45) is 19.1 Å². The Morgan fingerprint density at radius 3 is 2.65 bits per heavy atom. The molecule has 0 unspecified atom stereocenters. The zero-order chi connectivity index (χ0) is 16.1. The summed E-state index contributed by atoms with van der Waals surface area (Å²) in [6.07, 6.45) is 3.73. The van der Waals surface area contributed by atoms with Gasteiger partial charge in [-0.05, 0) is 28.9 Å². The number of aromatic nitrogens is 4. The summed E-state index contributed by atoms with van der Waals surface area (Å²) in [6.45, 7) is 4.15. The van der Waals surface area contributed by atoms with Gasteiger partial charge in [0.05, 0.1) is 6.54 Å². The van der Waals surface area contributed by atoms with Crippen molar-refractivity contribution < 1.29 is 0 Å². The van der Waals surface area contributed by atoms with Crippen LogP contribution in [0.5, 0.6) is 0 Å². The normalized spacial score (nSPS) is 11.3. The average Bonchev–Trinajstić information content (AvgIpc) is 3.00. The first-order valence-electron chi connectivity index (χ1n) is 7.14. The first-order chi connectivity index (χ1) is 10.5. The van der Waals surface area contributed by atoms with E-state index in [2.05, 4.69) is 58.9 Å². The maximum absolute atomic E-state index is 4.64. The second-order valence-corrected chi connectivity index (χ2v) is 6.06. The molecule has 2 aromatic rings. The molecule has 0 saturated heterocycles. The molecule has 23 heavy (non-hydrogen) atoms. The van der Waals surface area contributed by atoms with Crippen molar-refractivity contribution in [3.63, 3.8) is 0 Å². The van der Waals surface area contributed by atoms with Crippen LogP contribution in [0.2, 0.25) is 0 Å². The van der Waals surface area contributed by atoms with E-state index in [1.165, 1.54) is 5.69 Å². The standard InChI is InChI=1S/C14H22BrN7.HI/c1-5-16-14(17-7-13-19-18-10-22(13)4)21(3)9-12-6-11(15)8-20(12)2;/h6,8,10H,5,7,9H2,1-4H3,(H,16,17);1H. The Kier molecular flexibility index (Phi) is 8.03. The number of aryl methyl sites for hydroxylation is 2. The molecule has 9 heteroatoms. The molecule has 0 spiro atoms. The van der Waals surface area contributed by atoms with Crippen LogP contribution in [-0.2, 0) is 27.2 Å². The quantitative estimate of drug-likeness (QED) is 0.392. The fourth-order valence-electron chi connectivity index (χ4n) is 2.11. The molecule has 2 rings (SSSR count). The van der Waals surface area contributed by atoms with E-state index in [1.807, 2.05) is 31.9 Å². The zero-order valence-corrected chi connectivity index (χ0v) is 17.7. The molecular formula is C14H23BrIN7. The van der Waals surface area contributed by atoms with Crippen LogP contribution >= 0.6 is 39.9 Å². The highest BCUT2D eigenvalue weighted by atomic mass is 127. The monoisotopic (exact) mass is 495 g/mol. The van der Waals surface area contributed by atoms with Crippen molar-refractivity contribution in [2.45, 2.75) is 20.0 Å². The van der Waals surface area contributed by atoms with Gasteiger partial charge in [-0.2, -0.15) is 0 Å². The van der Waals surface area contributed by atoms with Crippen molar-refractivity contribution >= 4 is 45.9 Å². The van der Waals surface area contributed by atoms with Gasteiger partial charge in [-0.3, -0.25) is 0 Å². The molecule has 2 heterocycles. The van der Waals surface area contributed by atoms with Gasteiger partial charge in [0, 0.05) is 44.1 Å². The second-order valence-electron chi connectivity index (χ2n) is 5.14. The van der Waals surface area contributed by atoms with E-state index in [9.17, 15) is 0 Å². The van der Waals surface area contributed by atoms with Gasteiger partial charge in [-0.25, -0.2) is 4.99 Å². The third-order valence-corrected chi connectivity index (χ3v) is 3.78. The van der Waals surface area contributed by atoms with Crippen molar-refractivity contribution in [3.05, 3.63) is 34.6 Å². The van der Waals surface area contributed by atoms with Gasteiger partial charge in [-0.15, -0.1) is 34.2 Å². The molecule has 0 atom stereocenters. The number of nitrogens with zero attached hydrogens (tertiary/aromatic N) is 6. The lowest BCUT2D eigenvalue weighted by Gasteiger charge is -2.22. The largest absolute Gasteiger partial charge is 0.357 e. The summed E-state index contributed by atoms with van der Waals surface area (Å²) in [5, 5.41) is 11.2. The highest BCUT2D eigenvalue weighted by Gasteiger charge is 2.10. The summed E-state index contributed by atoms with van der Waals surface area (Å²) in [7, 11) is 5.99. The van der Waals surface area contributed by atoms with Crippen LogP contribution in [-0.4, -0.2) is 43.8 Å². The van der Waals surface area contributed by atoms with Crippen LogP contribution in [0.25, 0.3) is 0 Å². The van der Waals surface area contributed by atoms with E-state index in [0.29, 0.717) is 6.54 Å². The predicted octanol–water partition coefficient (Wildman–Crippen LogP) is 2.13. The third kappa shape index (κ3) is 5.48. The number of hydrogen-bond acceptors (Lipinski definition) is 3. The van der Waals surface area contributed by atoms with Gasteiger partial charge < -0.3 is 19.4 Å². The maximum atomic E-state index is 4.64. The first-order valence-corrected chi connectivity index (χ1v) is 7.93. The van der Waals surface area contributed by atoms with E-state index in [0.717, 1.165) is 29.3 Å². The molecule has 128 valence electrons. The topological polar surface area (TPSA) is 63.3 Å². The summed E-state index contributed by atoms with van der Waals surface area (Å²) in [5.41, 5.74) is 1.21. The van der Waals surface area contributed by atoms with Crippen LogP contribution in [0.4, 0.5) is 0 Å². The van der Waals surface area contributed by atoms with E-state index >= 15 is 0 Å².